The maximum absolute atomic E-state index is 14.7. The van der Waals surface area contributed by atoms with E-state index < -0.39 is 0 Å². The minimum absolute atomic E-state index is 0.133. The molecule has 7 nitrogen and oxygen atoms in total. The zero-order chi connectivity index (χ0) is 41.1. The fourth-order valence-electron chi connectivity index (χ4n) is 11.0. The summed E-state index contributed by atoms with van der Waals surface area (Å²) in [6, 6.07) is 4.46. The SMILES string of the molecule is CC(C)C1c2cc(NC(=O)/C=C/CC3CCCC3)c(C3=C(O)/C(=C4/C=C5C(=CC4=NC(=O)/C=C/C4CCCC4)N(C(C)C)C(C)C5(C)C)C3=O)cc2C(C)(C)C1C. The second kappa shape index (κ2) is 15.5. The first-order valence-electron chi connectivity index (χ1n) is 21.9. The van der Waals surface area contributed by atoms with Crippen molar-refractivity contribution in [3.63, 3.8) is 0 Å². The normalized spacial score (nSPS) is 28.0. The fourth-order valence-corrected chi connectivity index (χ4v) is 11.0. The van der Waals surface area contributed by atoms with Crippen molar-refractivity contribution in [1.82, 2.24) is 4.90 Å². The van der Waals surface area contributed by atoms with Crippen LogP contribution in [0.25, 0.3) is 5.57 Å². The van der Waals surface area contributed by atoms with Gasteiger partial charge >= 0.3 is 0 Å². The Kier molecular flexibility index (Phi) is 11.1. The summed E-state index contributed by atoms with van der Waals surface area (Å²) in [4.78, 5) is 48.8. The number of carbonyl (C=O) groups is 3. The number of aliphatic hydroxyl groups excluding tert-OH is 1. The van der Waals surface area contributed by atoms with E-state index in [0.717, 1.165) is 36.1 Å². The molecule has 57 heavy (non-hydrogen) atoms. The number of hydrogen-bond donors (Lipinski definition) is 2. The second-order valence-corrected chi connectivity index (χ2v) is 19.6. The number of rotatable bonds is 9. The van der Waals surface area contributed by atoms with Crippen LogP contribution in [0, 0.1) is 29.1 Å². The molecular formula is C50H65N3O4. The van der Waals surface area contributed by atoms with E-state index in [0.29, 0.717) is 46.2 Å². The van der Waals surface area contributed by atoms with Crippen LogP contribution in [0.3, 0.4) is 0 Å². The molecule has 6 aliphatic rings. The van der Waals surface area contributed by atoms with Crippen molar-refractivity contribution < 1.29 is 19.5 Å². The first kappa shape index (κ1) is 40.9. The Morgan fingerprint density at radius 2 is 1.60 bits per heavy atom. The van der Waals surface area contributed by atoms with Gasteiger partial charge in [-0.15, -0.1) is 0 Å². The van der Waals surface area contributed by atoms with Gasteiger partial charge in [0.25, 0.3) is 5.91 Å². The lowest BCUT2D eigenvalue weighted by molar-refractivity contribution is -0.113. The fraction of sp³-hybridized carbons (Fsp3) is 0.560. The smallest absolute Gasteiger partial charge is 0.269 e. The molecule has 0 aromatic heterocycles. The van der Waals surface area contributed by atoms with Crippen LogP contribution in [0.4, 0.5) is 5.69 Å². The summed E-state index contributed by atoms with van der Waals surface area (Å²) < 4.78 is 0. The summed E-state index contributed by atoms with van der Waals surface area (Å²) in [5.41, 5.74) is 6.14. The molecule has 0 spiro atoms. The van der Waals surface area contributed by atoms with Crippen molar-refractivity contribution in [2.45, 2.75) is 150 Å². The molecular weight excluding hydrogens is 707 g/mol. The molecule has 2 saturated carbocycles. The van der Waals surface area contributed by atoms with Crippen LogP contribution in [0.15, 0.2) is 81.8 Å². The van der Waals surface area contributed by atoms with Crippen LogP contribution in [-0.4, -0.2) is 45.4 Å². The molecule has 7 heteroatoms. The predicted octanol–water partition coefficient (Wildman–Crippen LogP) is 11.3. The quantitative estimate of drug-likeness (QED) is 0.244. The number of likely N-dealkylation sites (tertiary alicyclic amines) is 1. The number of aliphatic imine (C=N–C) groups is 1. The van der Waals surface area contributed by atoms with Crippen molar-refractivity contribution in [2.24, 2.45) is 34.1 Å². The number of ketones is 1. The molecule has 304 valence electrons. The molecule has 3 fully saturated rings. The van der Waals surface area contributed by atoms with Crippen LogP contribution in [-0.2, 0) is 19.8 Å². The van der Waals surface area contributed by atoms with E-state index in [1.54, 1.807) is 12.2 Å². The number of nitrogens with one attached hydrogen (secondary N) is 1. The Labute approximate surface area is 341 Å². The van der Waals surface area contributed by atoms with Gasteiger partial charge in [-0.2, -0.15) is 0 Å². The molecule has 1 aliphatic heterocycles. The molecule has 3 unspecified atom stereocenters. The van der Waals surface area contributed by atoms with E-state index in [1.807, 2.05) is 30.4 Å². The summed E-state index contributed by atoms with van der Waals surface area (Å²) in [7, 11) is 0. The van der Waals surface area contributed by atoms with E-state index in [9.17, 15) is 19.5 Å². The predicted molar refractivity (Wildman–Crippen MR) is 232 cm³/mol. The van der Waals surface area contributed by atoms with Gasteiger partial charge in [0, 0.05) is 46.1 Å². The maximum Gasteiger partial charge on any atom is 0.269 e. The molecule has 2 amide bonds. The van der Waals surface area contributed by atoms with Gasteiger partial charge in [-0.3, -0.25) is 14.4 Å². The largest absolute Gasteiger partial charge is 0.506 e. The lowest BCUT2D eigenvalue weighted by atomic mass is 9.73. The van der Waals surface area contributed by atoms with Gasteiger partial charge in [0.15, 0.2) is 0 Å². The molecule has 5 aliphatic carbocycles. The van der Waals surface area contributed by atoms with E-state index in [4.69, 9.17) is 0 Å². The molecule has 7 rings (SSSR count). The number of benzene rings is 1. The van der Waals surface area contributed by atoms with Crippen LogP contribution in [0.1, 0.15) is 150 Å². The van der Waals surface area contributed by atoms with Crippen LogP contribution >= 0.6 is 0 Å². The zero-order valence-electron chi connectivity index (χ0n) is 36.1. The van der Waals surface area contributed by atoms with Crippen LogP contribution in [0.2, 0.25) is 0 Å². The first-order valence-corrected chi connectivity index (χ1v) is 21.9. The number of hydrogen-bond acceptors (Lipinski definition) is 5. The van der Waals surface area contributed by atoms with Crippen molar-refractivity contribution in [3.8, 4) is 0 Å². The maximum atomic E-state index is 14.7. The van der Waals surface area contributed by atoms with Gasteiger partial charge < -0.3 is 15.3 Å². The van der Waals surface area contributed by atoms with Gasteiger partial charge in [0.2, 0.25) is 11.7 Å². The Bertz CT molecular complexity index is 2070. The number of allylic oxidation sites excluding steroid dienone is 8. The number of carbonyl (C=O) groups excluding carboxylic acids is 3. The van der Waals surface area contributed by atoms with Gasteiger partial charge in [-0.05, 0) is 122 Å². The van der Waals surface area contributed by atoms with E-state index in [-0.39, 0.29) is 63.3 Å². The summed E-state index contributed by atoms with van der Waals surface area (Å²) in [6.07, 6.45) is 21.4. The highest BCUT2D eigenvalue weighted by Crippen LogP contribution is 2.56. The molecule has 3 atom stereocenters. The monoisotopic (exact) mass is 771 g/mol. The van der Waals surface area contributed by atoms with E-state index in [2.05, 4.69) is 90.5 Å². The van der Waals surface area contributed by atoms with Gasteiger partial charge in [0.05, 0.1) is 16.9 Å². The van der Waals surface area contributed by atoms with Crippen molar-refractivity contribution in [1.29, 1.82) is 0 Å². The third-order valence-electron chi connectivity index (χ3n) is 14.8. The average Bonchev–Trinajstić information content (AvgIpc) is 3.93. The number of anilines is 1. The minimum atomic E-state index is -0.374. The van der Waals surface area contributed by atoms with Crippen LogP contribution in [0.5, 0.6) is 0 Å². The Morgan fingerprint density at radius 1 is 0.930 bits per heavy atom. The number of amides is 2. The number of fused-ring (bicyclic) bond motifs is 2. The summed E-state index contributed by atoms with van der Waals surface area (Å²) >= 11 is 0. The Hall–Kier alpha value is -4.26. The molecule has 1 saturated heterocycles. The summed E-state index contributed by atoms with van der Waals surface area (Å²) in [5, 5.41) is 15.3. The standard InChI is InChI=1S/C50H65N3O4/c1-28(2)44-30(5)49(7,8)37-24-35(39(26-34(37)44)51-42(54)21-15-20-32-16-11-12-17-32)45-47(56)46(48(45)57)36-25-38-41(53(29(3)4)31(6)50(38,9)10)27-40(36)52-43(55)23-22-33-18-13-14-19-33/h15,21-33,44,56H,11-14,16-20H2,1-10H3,(H,51,54)/b21-15+,23-22+,46-36+,52-40?. The summed E-state index contributed by atoms with van der Waals surface area (Å²) in [5.74, 6) is 0.902. The number of Topliss-reactive ketones (excluding diaryl/α,β-unsaturated/α-hetero) is 1. The van der Waals surface area contributed by atoms with Crippen molar-refractivity contribution in [2.75, 3.05) is 5.32 Å². The topological polar surface area (TPSA) is 99.1 Å². The van der Waals surface area contributed by atoms with Gasteiger partial charge in [0.1, 0.15) is 5.76 Å². The van der Waals surface area contributed by atoms with Crippen molar-refractivity contribution in [3.05, 3.63) is 93.5 Å². The van der Waals surface area contributed by atoms with Crippen molar-refractivity contribution >= 4 is 34.6 Å². The molecule has 1 aromatic carbocycles. The first-order chi connectivity index (χ1) is 26.9. The molecule has 0 bridgehead atoms. The van der Waals surface area contributed by atoms with Gasteiger partial charge in [-0.1, -0.05) is 99.1 Å². The molecule has 2 N–H and O–H groups in total. The highest BCUT2D eigenvalue weighted by molar-refractivity contribution is 6.42. The molecule has 1 heterocycles. The molecule has 1 aromatic rings. The average molecular weight is 772 g/mol. The second-order valence-electron chi connectivity index (χ2n) is 19.6. The molecule has 0 radical (unpaired) electrons. The van der Waals surface area contributed by atoms with Crippen LogP contribution < -0.4 is 5.32 Å². The highest BCUT2D eigenvalue weighted by atomic mass is 16.3. The zero-order valence-corrected chi connectivity index (χ0v) is 36.1. The summed E-state index contributed by atoms with van der Waals surface area (Å²) in [6.45, 7) is 22.2. The van der Waals surface area contributed by atoms with E-state index >= 15 is 0 Å². The third-order valence-corrected chi connectivity index (χ3v) is 14.8. The van der Waals surface area contributed by atoms with Gasteiger partial charge in [-0.25, -0.2) is 4.99 Å². The third kappa shape index (κ3) is 7.26. The van der Waals surface area contributed by atoms with E-state index in [1.165, 1.54) is 44.1 Å². The lowest BCUT2D eigenvalue weighted by Crippen LogP contribution is -2.37. The number of aliphatic hydroxyl groups is 1. The highest BCUT2D eigenvalue weighted by Gasteiger charge is 2.50. The lowest BCUT2D eigenvalue weighted by Gasteiger charge is -2.33. The Balaban J connectivity index is 1.35. The minimum Gasteiger partial charge on any atom is -0.506 e. The Morgan fingerprint density at radius 3 is 2.23 bits per heavy atom. The number of nitrogens with zero attached hydrogens (tertiary/aromatic N) is 2.